The van der Waals surface area contributed by atoms with Crippen LogP contribution < -0.4 is 0 Å². The van der Waals surface area contributed by atoms with Gasteiger partial charge in [-0.3, -0.25) is 0 Å². The monoisotopic (exact) mass is 374 g/mol. The van der Waals surface area contributed by atoms with Gasteiger partial charge in [0.25, 0.3) is 0 Å². The minimum Gasteiger partial charge on any atom is -0.0758 e. The first-order chi connectivity index (χ1) is 14.1. The Morgan fingerprint density at radius 2 is 1.72 bits per heavy atom. The van der Waals surface area contributed by atoms with E-state index in [1.165, 1.54) is 55.7 Å². The van der Waals surface area contributed by atoms with Crippen molar-refractivity contribution in [1.29, 1.82) is 0 Å². The molecule has 0 bridgehead atoms. The first-order valence-corrected chi connectivity index (χ1v) is 10.5. The van der Waals surface area contributed by atoms with E-state index in [2.05, 4.69) is 106 Å². The summed E-state index contributed by atoms with van der Waals surface area (Å²) in [6.07, 6.45) is 10.2. The number of benzene rings is 3. The molecule has 1 atom stereocenters. The Labute approximate surface area is 173 Å². The van der Waals surface area contributed by atoms with Crippen molar-refractivity contribution in [3.05, 3.63) is 118 Å². The van der Waals surface area contributed by atoms with Gasteiger partial charge in [-0.1, -0.05) is 90.5 Å². The van der Waals surface area contributed by atoms with Crippen LogP contribution in [-0.2, 0) is 6.42 Å². The number of hydrogen-bond donors (Lipinski definition) is 0. The van der Waals surface area contributed by atoms with Crippen LogP contribution in [0.15, 0.2) is 84.5 Å². The van der Waals surface area contributed by atoms with Crippen molar-refractivity contribution in [1.82, 2.24) is 0 Å². The van der Waals surface area contributed by atoms with Crippen molar-refractivity contribution in [3.8, 4) is 11.1 Å². The molecular weight excluding hydrogens is 348 g/mol. The molecule has 0 saturated carbocycles. The highest BCUT2D eigenvalue weighted by Crippen LogP contribution is 2.45. The summed E-state index contributed by atoms with van der Waals surface area (Å²) in [5, 5.41) is 0. The fourth-order valence-corrected chi connectivity index (χ4v) is 4.91. The summed E-state index contributed by atoms with van der Waals surface area (Å²) in [7, 11) is 0. The van der Waals surface area contributed by atoms with Gasteiger partial charge in [0.05, 0.1) is 0 Å². The Bertz CT molecular complexity index is 1200. The fourth-order valence-electron chi connectivity index (χ4n) is 4.91. The Hall–Kier alpha value is -3.12. The zero-order valence-electron chi connectivity index (χ0n) is 17.4. The summed E-state index contributed by atoms with van der Waals surface area (Å²) in [6.45, 7) is 6.53. The number of allylic oxidation sites excluding steroid dienone is 5. The predicted octanol–water partition coefficient (Wildman–Crippen LogP) is 7.73. The molecule has 1 unspecified atom stereocenters. The molecule has 0 heterocycles. The minimum atomic E-state index is 0.326. The molecule has 3 aromatic carbocycles. The minimum absolute atomic E-state index is 0.326. The summed E-state index contributed by atoms with van der Waals surface area (Å²) in [5.41, 5.74) is 13.9. The molecule has 0 nitrogen and oxygen atoms in total. The van der Waals surface area contributed by atoms with Gasteiger partial charge >= 0.3 is 0 Å². The van der Waals surface area contributed by atoms with E-state index in [-0.39, 0.29) is 0 Å². The average Bonchev–Trinajstić information content (AvgIpc) is 3.32. The summed E-state index contributed by atoms with van der Waals surface area (Å²) < 4.78 is 0. The molecule has 29 heavy (non-hydrogen) atoms. The van der Waals surface area contributed by atoms with Gasteiger partial charge in [-0.15, -0.1) is 0 Å². The van der Waals surface area contributed by atoms with Crippen molar-refractivity contribution in [2.24, 2.45) is 0 Å². The van der Waals surface area contributed by atoms with Crippen molar-refractivity contribution >= 4 is 11.6 Å². The van der Waals surface area contributed by atoms with Gasteiger partial charge in [-0.05, 0) is 77.3 Å². The lowest BCUT2D eigenvalue weighted by Crippen LogP contribution is -2.02. The molecule has 0 amide bonds. The zero-order valence-corrected chi connectivity index (χ0v) is 17.4. The van der Waals surface area contributed by atoms with E-state index in [1.54, 1.807) is 0 Å². The van der Waals surface area contributed by atoms with Crippen molar-refractivity contribution in [3.63, 3.8) is 0 Å². The van der Waals surface area contributed by atoms with Crippen molar-refractivity contribution in [2.75, 3.05) is 0 Å². The van der Waals surface area contributed by atoms with Gasteiger partial charge < -0.3 is 0 Å². The van der Waals surface area contributed by atoms with E-state index in [9.17, 15) is 0 Å². The maximum atomic E-state index is 2.36. The SMILES string of the molecule is CC(C)=Cc1ccc(C2=CC=CC2c2cccc3c2Cc2ccccc2-3)c(C)c1. The van der Waals surface area contributed by atoms with Crippen LogP contribution in [0.5, 0.6) is 0 Å². The smallest absolute Gasteiger partial charge is 0.0281 e. The second-order valence-corrected chi connectivity index (χ2v) is 8.49. The molecule has 0 fully saturated rings. The van der Waals surface area contributed by atoms with Gasteiger partial charge in [0.2, 0.25) is 0 Å². The lowest BCUT2D eigenvalue weighted by molar-refractivity contribution is 1.07. The molecule has 0 radical (unpaired) electrons. The Kier molecular flexibility index (Phi) is 4.36. The molecule has 2 aliphatic rings. The molecule has 0 saturated heterocycles. The van der Waals surface area contributed by atoms with Crippen molar-refractivity contribution in [2.45, 2.75) is 33.1 Å². The summed E-state index contributed by atoms with van der Waals surface area (Å²) in [4.78, 5) is 0. The number of aryl methyl sites for hydroxylation is 1. The molecule has 0 spiro atoms. The van der Waals surface area contributed by atoms with Gasteiger partial charge in [0.1, 0.15) is 0 Å². The maximum Gasteiger partial charge on any atom is 0.0281 e. The predicted molar refractivity (Wildman–Crippen MR) is 125 cm³/mol. The number of fused-ring (bicyclic) bond motifs is 3. The molecule has 5 rings (SSSR count). The summed E-state index contributed by atoms with van der Waals surface area (Å²) in [6, 6.07) is 22.5. The zero-order chi connectivity index (χ0) is 20.0. The van der Waals surface area contributed by atoms with E-state index in [0.29, 0.717) is 5.92 Å². The van der Waals surface area contributed by atoms with Crippen LogP contribution in [0.1, 0.15) is 53.1 Å². The quantitative estimate of drug-likeness (QED) is 0.344. The highest BCUT2D eigenvalue weighted by atomic mass is 14.3. The Morgan fingerprint density at radius 3 is 2.55 bits per heavy atom. The molecule has 2 aliphatic carbocycles. The van der Waals surface area contributed by atoms with Crippen LogP contribution in [-0.4, -0.2) is 0 Å². The topological polar surface area (TPSA) is 0 Å². The van der Waals surface area contributed by atoms with Gasteiger partial charge in [-0.2, -0.15) is 0 Å². The van der Waals surface area contributed by atoms with Crippen LogP contribution in [0.25, 0.3) is 22.8 Å². The lowest BCUT2D eigenvalue weighted by atomic mass is 9.83. The van der Waals surface area contributed by atoms with E-state index in [4.69, 9.17) is 0 Å². The summed E-state index contributed by atoms with van der Waals surface area (Å²) >= 11 is 0. The van der Waals surface area contributed by atoms with Gasteiger partial charge in [0.15, 0.2) is 0 Å². The van der Waals surface area contributed by atoms with Gasteiger partial charge in [0, 0.05) is 5.92 Å². The second kappa shape index (κ2) is 7.04. The first kappa shape index (κ1) is 17.9. The maximum absolute atomic E-state index is 2.36. The van der Waals surface area contributed by atoms with Crippen LogP contribution in [0.2, 0.25) is 0 Å². The van der Waals surface area contributed by atoms with Crippen LogP contribution in [0.4, 0.5) is 0 Å². The van der Waals surface area contributed by atoms with E-state index < -0.39 is 0 Å². The molecule has 0 aromatic heterocycles. The molecule has 0 N–H and O–H groups in total. The first-order valence-electron chi connectivity index (χ1n) is 10.5. The second-order valence-electron chi connectivity index (χ2n) is 8.49. The Morgan fingerprint density at radius 1 is 0.897 bits per heavy atom. The highest BCUT2D eigenvalue weighted by molar-refractivity contribution is 5.84. The number of rotatable bonds is 3. The third-order valence-electron chi connectivity index (χ3n) is 6.15. The third-order valence-corrected chi connectivity index (χ3v) is 6.15. The summed E-state index contributed by atoms with van der Waals surface area (Å²) in [5.74, 6) is 0.326. The lowest BCUT2D eigenvalue weighted by Gasteiger charge is -2.20. The van der Waals surface area contributed by atoms with E-state index in [0.717, 1.165) is 6.42 Å². The fraction of sp³-hybridized carbons (Fsp3) is 0.172. The molecule has 0 aliphatic heterocycles. The molecular formula is C29H26. The molecule has 142 valence electrons. The van der Waals surface area contributed by atoms with Crippen LogP contribution >= 0.6 is 0 Å². The van der Waals surface area contributed by atoms with Crippen LogP contribution in [0, 0.1) is 6.92 Å². The van der Waals surface area contributed by atoms with Crippen LogP contribution in [0.3, 0.4) is 0 Å². The standard InChI is InChI=1S/C29H26/c1-19(2)16-21-14-15-23(20(3)17-21)25-10-6-12-27(25)28-13-7-11-26-24-9-5-4-8-22(24)18-29(26)28/h4-17,27H,18H2,1-3H3. The highest BCUT2D eigenvalue weighted by Gasteiger charge is 2.27. The molecule has 3 aromatic rings. The van der Waals surface area contributed by atoms with E-state index in [1.807, 2.05) is 0 Å². The normalized spacial score (nSPS) is 16.4. The third kappa shape index (κ3) is 3.09. The number of hydrogen-bond acceptors (Lipinski definition) is 0. The largest absolute Gasteiger partial charge is 0.0758 e. The van der Waals surface area contributed by atoms with Crippen molar-refractivity contribution < 1.29 is 0 Å². The van der Waals surface area contributed by atoms with Gasteiger partial charge in [-0.25, -0.2) is 0 Å². The van der Waals surface area contributed by atoms with E-state index >= 15 is 0 Å². The average molecular weight is 375 g/mol. The Balaban J connectivity index is 1.55. The molecule has 0 heteroatoms.